The standard InChI is InChI=1S/C22H30FN5O2/c1-26(22-24-8-7-21(25-22)28-10-12-30-13-11-28)18-4-3-9-27(16-18)15-17-5-6-20(29-2)19(23)14-17/h5-8,14,18H,3-4,9-13,15-16H2,1-2H3. The van der Waals surface area contributed by atoms with Crippen LogP contribution in [0.2, 0.25) is 0 Å². The molecular weight excluding hydrogens is 385 g/mol. The number of hydrogen-bond acceptors (Lipinski definition) is 7. The molecule has 0 saturated carbocycles. The lowest BCUT2D eigenvalue weighted by Crippen LogP contribution is -2.47. The topological polar surface area (TPSA) is 54.0 Å². The summed E-state index contributed by atoms with van der Waals surface area (Å²) in [6.07, 6.45) is 4.02. The Morgan fingerprint density at radius 1 is 1.23 bits per heavy atom. The van der Waals surface area contributed by atoms with Crippen molar-refractivity contribution in [2.45, 2.75) is 25.4 Å². The zero-order valence-electron chi connectivity index (χ0n) is 17.8. The van der Waals surface area contributed by atoms with Gasteiger partial charge in [0.1, 0.15) is 5.82 Å². The molecule has 0 N–H and O–H groups in total. The fraction of sp³-hybridized carbons (Fsp3) is 0.545. The Kier molecular flexibility index (Phi) is 6.64. The number of anilines is 2. The Morgan fingerprint density at radius 3 is 2.83 bits per heavy atom. The SMILES string of the molecule is COc1ccc(CN2CCCC(N(C)c3nccc(N4CCOCC4)n3)C2)cc1F. The second kappa shape index (κ2) is 9.57. The molecule has 30 heavy (non-hydrogen) atoms. The van der Waals surface area contributed by atoms with Crippen LogP contribution in [0, 0.1) is 5.82 Å². The molecule has 0 bridgehead atoms. The molecular formula is C22H30FN5O2. The lowest BCUT2D eigenvalue weighted by molar-refractivity contribution is 0.122. The Labute approximate surface area is 177 Å². The van der Waals surface area contributed by atoms with Gasteiger partial charge in [-0.25, -0.2) is 9.37 Å². The maximum Gasteiger partial charge on any atom is 0.227 e. The number of aromatic nitrogens is 2. The van der Waals surface area contributed by atoms with Crippen molar-refractivity contribution in [3.8, 4) is 5.75 Å². The molecule has 0 radical (unpaired) electrons. The minimum atomic E-state index is -0.311. The number of methoxy groups -OCH3 is 1. The summed E-state index contributed by atoms with van der Waals surface area (Å²) in [4.78, 5) is 16.1. The number of nitrogens with zero attached hydrogens (tertiary/aromatic N) is 5. The van der Waals surface area contributed by atoms with Crippen molar-refractivity contribution >= 4 is 11.8 Å². The van der Waals surface area contributed by atoms with Gasteiger partial charge in [-0.1, -0.05) is 6.07 Å². The number of benzene rings is 1. The van der Waals surface area contributed by atoms with Gasteiger partial charge in [0.15, 0.2) is 11.6 Å². The fourth-order valence-corrected chi connectivity index (χ4v) is 4.20. The van der Waals surface area contributed by atoms with Crippen LogP contribution in [0.3, 0.4) is 0 Å². The van der Waals surface area contributed by atoms with Gasteiger partial charge in [-0.3, -0.25) is 4.90 Å². The third kappa shape index (κ3) is 4.82. The van der Waals surface area contributed by atoms with Crippen LogP contribution < -0.4 is 14.5 Å². The summed E-state index contributed by atoms with van der Waals surface area (Å²) in [6.45, 7) is 5.81. The van der Waals surface area contributed by atoms with Crippen LogP contribution in [0.5, 0.6) is 5.75 Å². The summed E-state index contributed by atoms with van der Waals surface area (Å²) in [7, 11) is 3.55. The van der Waals surface area contributed by atoms with Gasteiger partial charge < -0.3 is 19.3 Å². The van der Waals surface area contributed by atoms with Crippen molar-refractivity contribution in [2.24, 2.45) is 0 Å². The molecule has 2 saturated heterocycles. The third-order valence-electron chi connectivity index (χ3n) is 5.93. The van der Waals surface area contributed by atoms with Crippen LogP contribution >= 0.6 is 0 Å². The first-order valence-corrected chi connectivity index (χ1v) is 10.6. The highest BCUT2D eigenvalue weighted by Crippen LogP contribution is 2.24. The maximum atomic E-state index is 14.0. The molecule has 0 spiro atoms. The van der Waals surface area contributed by atoms with E-state index in [1.807, 2.05) is 18.3 Å². The molecule has 1 atom stereocenters. The number of piperidine rings is 1. The highest BCUT2D eigenvalue weighted by Gasteiger charge is 2.25. The lowest BCUT2D eigenvalue weighted by Gasteiger charge is -2.38. The summed E-state index contributed by atoms with van der Waals surface area (Å²) < 4.78 is 24.5. The average molecular weight is 416 g/mol. The van der Waals surface area contributed by atoms with Gasteiger partial charge >= 0.3 is 0 Å². The normalized spacial score (nSPS) is 20.2. The number of rotatable bonds is 6. The first-order valence-electron chi connectivity index (χ1n) is 10.6. The third-order valence-corrected chi connectivity index (χ3v) is 5.93. The summed E-state index contributed by atoms with van der Waals surface area (Å²) in [6, 6.07) is 7.49. The van der Waals surface area contributed by atoms with E-state index in [9.17, 15) is 4.39 Å². The molecule has 1 aromatic heterocycles. The second-order valence-corrected chi connectivity index (χ2v) is 7.93. The first-order chi connectivity index (χ1) is 14.6. The summed E-state index contributed by atoms with van der Waals surface area (Å²) in [5.41, 5.74) is 0.960. The molecule has 2 aliphatic heterocycles. The lowest BCUT2D eigenvalue weighted by atomic mass is 10.0. The Hall–Kier alpha value is -2.45. The molecule has 4 rings (SSSR count). The van der Waals surface area contributed by atoms with E-state index in [4.69, 9.17) is 14.5 Å². The first kappa shape index (κ1) is 20.8. The molecule has 8 heteroatoms. The zero-order valence-corrected chi connectivity index (χ0v) is 17.8. The van der Waals surface area contributed by atoms with Crippen molar-refractivity contribution in [2.75, 3.05) is 63.4 Å². The highest BCUT2D eigenvalue weighted by atomic mass is 19.1. The molecule has 1 unspecified atom stereocenters. The summed E-state index contributed by atoms with van der Waals surface area (Å²) in [5, 5.41) is 0. The van der Waals surface area contributed by atoms with Crippen LogP contribution in [0.15, 0.2) is 30.5 Å². The van der Waals surface area contributed by atoms with Crippen molar-refractivity contribution < 1.29 is 13.9 Å². The van der Waals surface area contributed by atoms with Gasteiger partial charge in [0.05, 0.1) is 20.3 Å². The molecule has 0 amide bonds. The monoisotopic (exact) mass is 415 g/mol. The largest absolute Gasteiger partial charge is 0.494 e. The van der Waals surface area contributed by atoms with E-state index in [2.05, 4.69) is 26.7 Å². The molecule has 2 fully saturated rings. The van der Waals surface area contributed by atoms with Crippen LogP contribution in [-0.4, -0.2) is 74.5 Å². The van der Waals surface area contributed by atoms with E-state index in [1.165, 1.54) is 7.11 Å². The number of likely N-dealkylation sites (N-methyl/N-ethyl adjacent to an activating group) is 1. The quantitative estimate of drug-likeness (QED) is 0.719. The van der Waals surface area contributed by atoms with Crippen molar-refractivity contribution in [1.82, 2.24) is 14.9 Å². The number of morpholine rings is 1. The van der Waals surface area contributed by atoms with Crippen molar-refractivity contribution in [3.05, 3.63) is 41.8 Å². The minimum Gasteiger partial charge on any atom is -0.494 e. The van der Waals surface area contributed by atoms with Gasteiger partial charge in [0, 0.05) is 45.5 Å². The summed E-state index contributed by atoms with van der Waals surface area (Å²) >= 11 is 0. The summed E-state index contributed by atoms with van der Waals surface area (Å²) in [5.74, 6) is 1.68. The predicted molar refractivity (Wildman–Crippen MR) is 115 cm³/mol. The van der Waals surface area contributed by atoms with E-state index < -0.39 is 0 Å². The Balaban J connectivity index is 1.41. The van der Waals surface area contributed by atoms with Gasteiger partial charge in [0.2, 0.25) is 5.95 Å². The maximum absolute atomic E-state index is 14.0. The molecule has 3 heterocycles. The molecule has 2 aromatic rings. The molecule has 1 aromatic carbocycles. The molecule has 162 valence electrons. The van der Waals surface area contributed by atoms with E-state index in [-0.39, 0.29) is 11.6 Å². The predicted octanol–water partition coefficient (Wildman–Crippen LogP) is 2.56. The molecule has 2 aliphatic rings. The smallest absolute Gasteiger partial charge is 0.227 e. The fourth-order valence-electron chi connectivity index (χ4n) is 4.20. The molecule has 0 aliphatic carbocycles. The van der Waals surface area contributed by atoms with Gasteiger partial charge in [-0.2, -0.15) is 4.98 Å². The number of hydrogen-bond donors (Lipinski definition) is 0. The van der Waals surface area contributed by atoms with Crippen molar-refractivity contribution in [3.63, 3.8) is 0 Å². The van der Waals surface area contributed by atoms with Crippen LogP contribution in [0.25, 0.3) is 0 Å². The van der Waals surface area contributed by atoms with Crippen LogP contribution in [0.1, 0.15) is 18.4 Å². The van der Waals surface area contributed by atoms with Gasteiger partial charge in [-0.05, 0) is 43.1 Å². The van der Waals surface area contributed by atoms with Gasteiger partial charge in [-0.15, -0.1) is 0 Å². The average Bonchev–Trinajstić information content (AvgIpc) is 2.79. The van der Waals surface area contributed by atoms with E-state index in [1.54, 1.807) is 12.1 Å². The molecule has 7 nitrogen and oxygen atoms in total. The van der Waals surface area contributed by atoms with E-state index in [0.29, 0.717) is 6.04 Å². The number of likely N-dealkylation sites (tertiary alicyclic amines) is 1. The number of ether oxygens (including phenoxy) is 2. The Bertz CT molecular complexity index is 846. The van der Waals surface area contributed by atoms with Crippen LogP contribution in [0.4, 0.5) is 16.2 Å². The van der Waals surface area contributed by atoms with Crippen molar-refractivity contribution in [1.29, 1.82) is 0 Å². The van der Waals surface area contributed by atoms with E-state index >= 15 is 0 Å². The Morgan fingerprint density at radius 2 is 2.07 bits per heavy atom. The highest BCUT2D eigenvalue weighted by molar-refractivity contribution is 5.44. The van der Waals surface area contributed by atoms with Gasteiger partial charge in [0.25, 0.3) is 0 Å². The number of halogens is 1. The zero-order chi connectivity index (χ0) is 20.9. The minimum absolute atomic E-state index is 0.285. The van der Waals surface area contributed by atoms with E-state index in [0.717, 1.165) is 76.1 Å². The van der Waals surface area contributed by atoms with Crippen LogP contribution in [-0.2, 0) is 11.3 Å². The second-order valence-electron chi connectivity index (χ2n) is 7.93.